The van der Waals surface area contributed by atoms with E-state index in [1.165, 1.54) is 0 Å². The number of likely N-dealkylation sites (tertiary alicyclic amines) is 1. The van der Waals surface area contributed by atoms with Crippen LogP contribution in [0.4, 0.5) is 5.69 Å². The van der Waals surface area contributed by atoms with Gasteiger partial charge in [-0.25, -0.2) is 0 Å². The van der Waals surface area contributed by atoms with Crippen molar-refractivity contribution in [1.82, 2.24) is 4.90 Å². The summed E-state index contributed by atoms with van der Waals surface area (Å²) in [7, 11) is 0. The predicted molar refractivity (Wildman–Crippen MR) is 101 cm³/mol. The van der Waals surface area contributed by atoms with Crippen molar-refractivity contribution in [2.45, 2.75) is 12.8 Å². The highest BCUT2D eigenvalue weighted by Gasteiger charge is 2.27. The van der Waals surface area contributed by atoms with Gasteiger partial charge in [0.1, 0.15) is 5.75 Å². The molecule has 0 aliphatic carbocycles. The van der Waals surface area contributed by atoms with Crippen molar-refractivity contribution < 1.29 is 14.3 Å². The van der Waals surface area contributed by atoms with Crippen molar-refractivity contribution in [3.05, 3.63) is 60.2 Å². The van der Waals surface area contributed by atoms with E-state index in [0.29, 0.717) is 42.9 Å². The number of carbonyl (C=O) groups excluding carboxylic acids is 2. The average Bonchev–Trinajstić information content (AvgIpc) is 2.73. The normalized spacial score (nSPS) is 14.3. The molecule has 0 aromatic heterocycles. The molecule has 2 amide bonds. The van der Waals surface area contributed by atoms with Crippen LogP contribution in [0.1, 0.15) is 18.4 Å². The van der Waals surface area contributed by atoms with E-state index in [9.17, 15) is 9.59 Å². The fourth-order valence-corrected chi connectivity index (χ4v) is 3.02. The Balaban J connectivity index is 1.44. The molecule has 1 aliphatic rings. The first-order chi connectivity index (χ1) is 13.2. The Morgan fingerprint density at radius 2 is 1.74 bits per heavy atom. The summed E-state index contributed by atoms with van der Waals surface area (Å²) in [5.41, 5.74) is 1.23. The van der Waals surface area contributed by atoms with Crippen LogP contribution >= 0.6 is 0 Å². The zero-order valence-corrected chi connectivity index (χ0v) is 14.9. The number of hydrogen-bond acceptors (Lipinski definition) is 4. The first-order valence-corrected chi connectivity index (χ1v) is 8.92. The third-order valence-electron chi connectivity index (χ3n) is 4.61. The van der Waals surface area contributed by atoms with Crippen LogP contribution in [0.2, 0.25) is 0 Å². The molecule has 2 aromatic rings. The second-order valence-corrected chi connectivity index (χ2v) is 6.44. The van der Waals surface area contributed by atoms with Gasteiger partial charge in [0.2, 0.25) is 5.91 Å². The number of anilines is 1. The number of nitriles is 1. The number of nitrogens with zero attached hydrogens (tertiary/aromatic N) is 2. The zero-order chi connectivity index (χ0) is 19.1. The number of nitrogens with one attached hydrogen (secondary N) is 1. The van der Waals surface area contributed by atoms with Gasteiger partial charge < -0.3 is 15.0 Å². The molecule has 1 aliphatic heterocycles. The SMILES string of the molecule is N#Cc1ccc(NC(=O)C2CCN(C(=O)COc3ccccc3)CC2)cc1. The van der Waals surface area contributed by atoms with Gasteiger partial charge in [0.25, 0.3) is 5.91 Å². The highest BCUT2D eigenvalue weighted by molar-refractivity contribution is 5.92. The van der Waals surface area contributed by atoms with Crippen molar-refractivity contribution in [3.63, 3.8) is 0 Å². The summed E-state index contributed by atoms with van der Waals surface area (Å²) in [6.07, 6.45) is 1.25. The van der Waals surface area contributed by atoms with Crippen molar-refractivity contribution in [2.75, 3.05) is 25.0 Å². The van der Waals surface area contributed by atoms with Crippen LogP contribution in [0.25, 0.3) is 0 Å². The molecule has 0 radical (unpaired) electrons. The maximum atomic E-state index is 12.4. The van der Waals surface area contributed by atoms with Crippen LogP contribution in [0, 0.1) is 17.2 Å². The Kier molecular flexibility index (Phi) is 6.06. The molecule has 1 saturated heterocycles. The largest absolute Gasteiger partial charge is 0.484 e. The van der Waals surface area contributed by atoms with E-state index in [1.807, 2.05) is 36.4 Å². The average molecular weight is 363 g/mol. The van der Waals surface area contributed by atoms with Crippen molar-refractivity contribution in [2.24, 2.45) is 5.92 Å². The second-order valence-electron chi connectivity index (χ2n) is 6.44. The van der Waals surface area contributed by atoms with Crippen LogP contribution in [0.3, 0.4) is 0 Å². The monoisotopic (exact) mass is 363 g/mol. The van der Waals surface area contributed by atoms with E-state index < -0.39 is 0 Å². The molecule has 6 heteroatoms. The lowest BCUT2D eigenvalue weighted by atomic mass is 9.95. The van der Waals surface area contributed by atoms with Crippen molar-refractivity contribution in [1.29, 1.82) is 5.26 Å². The predicted octanol–water partition coefficient (Wildman–Crippen LogP) is 2.81. The molecule has 1 N–H and O–H groups in total. The number of benzene rings is 2. The number of hydrogen-bond donors (Lipinski definition) is 1. The van der Waals surface area contributed by atoms with Gasteiger partial charge in [0, 0.05) is 24.7 Å². The standard InChI is InChI=1S/C21H21N3O3/c22-14-16-6-8-18(9-7-16)23-21(26)17-10-12-24(13-11-17)20(25)15-27-19-4-2-1-3-5-19/h1-9,17H,10-13,15H2,(H,23,26). The van der Waals surface area contributed by atoms with Crippen molar-refractivity contribution >= 4 is 17.5 Å². The first kappa shape index (κ1) is 18.5. The van der Waals surface area contributed by atoms with Gasteiger partial charge in [0.15, 0.2) is 6.61 Å². The van der Waals surface area contributed by atoms with Gasteiger partial charge in [-0.3, -0.25) is 9.59 Å². The molecule has 0 atom stereocenters. The highest BCUT2D eigenvalue weighted by atomic mass is 16.5. The summed E-state index contributed by atoms with van der Waals surface area (Å²) in [4.78, 5) is 26.4. The van der Waals surface area contributed by atoms with E-state index in [4.69, 9.17) is 10.00 Å². The zero-order valence-electron chi connectivity index (χ0n) is 14.9. The summed E-state index contributed by atoms with van der Waals surface area (Å²) >= 11 is 0. The fraction of sp³-hybridized carbons (Fsp3) is 0.286. The Morgan fingerprint density at radius 1 is 1.07 bits per heavy atom. The number of para-hydroxylation sites is 1. The fourth-order valence-electron chi connectivity index (χ4n) is 3.02. The van der Waals surface area contributed by atoms with E-state index in [0.717, 1.165) is 0 Å². The first-order valence-electron chi connectivity index (χ1n) is 8.92. The Hall–Kier alpha value is -3.33. The second kappa shape index (κ2) is 8.86. The summed E-state index contributed by atoms with van der Waals surface area (Å²) in [5, 5.41) is 11.7. The molecule has 138 valence electrons. The van der Waals surface area contributed by atoms with E-state index in [2.05, 4.69) is 5.32 Å². The molecule has 0 unspecified atom stereocenters. The maximum Gasteiger partial charge on any atom is 0.260 e. The number of piperidine rings is 1. The maximum absolute atomic E-state index is 12.4. The topological polar surface area (TPSA) is 82.4 Å². The summed E-state index contributed by atoms with van der Waals surface area (Å²) < 4.78 is 5.50. The molecule has 0 spiro atoms. The molecule has 1 heterocycles. The molecular formula is C21H21N3O3. The molecule has 1 fully saturated rings. The Bertz CT molecular complexity index is 820. The number of amides is 2. The lowest BCUT2D eigenvalue weighted by Gasteiger charge is -2.31. The minimum Gasteiger partial charge on any atom is -0.484 e. The van der Waals surface area contributed by atoms with Gasteiger partial charge in [-0.05, 0) is 49.2 Å². The van der Waals surface area contributed by atoms with Gasteiger partial charge in [0.05, 0.1) is 11.6 Å². The minimum atomic E-state index is -0.125. The van der Waals surface area contributed by atoms with Crippen LogP contribution in [0.15, 0.2) is 54.6 Å². The van der Waals surface area contributed by atoms with Crippen LogP contribution < -0.4 is 10.1 Å². The molecule has 2 aromatic carbocycles. The number of rotatable bonds is 5. The summed E-state index contributed by atoms with van der Waals surface area (Å²) in [6, 6.07) is 18.1. The molecule has 0 bridgehead atoms. The molecule has 0 saturated carbocycles. The van der Waals surface area contributed by atoms with E-state index in [-0.39, 0.29) is 24.3 Å². The van der Waals surface area contributed by atoms with Gasteiger partial charge in [-0.1, -0.05) is 18.2 Å². The van der Waals surface area contributed by atoms with Gasteiger partial charge >= 0.3 is 0 Å². The number of carbonyl (C=O) groups is 2. The highest BCUT2D eigenvalue weighted by Crippen LogP contribution is 2.20. The third-order valence-corrected chi connectivity index (χ3v) is 4.61. The van der Waals surface area contributed by atoms with Crippen LogP contribution in [-0.2, 0) is 9.59 Å². The number of ether oxygens (including phenoxy) is 1. The Labute approximate surface area is 158 Å². The molecular weight excluding hydrogens is 342 g/mol. The Morgan fingerprint density at radius 3 is 2.37 bits per heavy atom. The lowest BCUT2D eigenvalue weighted by Crippen LogP contribution is -2.43. The van der Waals surface area contributed by atoms with Gasteiger partial charge in [-0.15, -0.1) is 0 Å². The summed E-state index contributed by atoms with van der Waals surface area (Å²) in [5.74, 6) is 0.430. The van der Waals surface area contributed by atoms with Crippen LogP contribution in [0.5, 0.6) is 5.75 Å². The van der Waals surface area contributed by atoms with E-state index >= 15 is 0 Å². The lowest BCUT2D eigenvalue weighted by molar-refractivity contribution is -0.136. The van der Waals surface area contributed by atoms with Crippen molar-refractivity contribution in [3.8, 4) is 11.8 Å². The van der Waals surface area contributed by atoms with E-state index in [1.54, 1.807) is 29.2 Å². The smallest absolute Gasteiger partial charge is 0.260 e. The molecule has 6 nitrogen and oxygen atoms in total. The van der Waals surface area contributed by atoms with Gasteiger partial charge in [-0.2, -0.15) is 5.26 Å². The molecule has 27 heavy (non-hydrogen) atoms. The van der Waals surface area contributed by atoms with Crippen LogP contribution in [-0.4, -0.2) is 36.4 Å². The molecule has 3 rings (SSSR count). The minimum absolute atomic E-state index is 0.00607. The quantitative estimate of drug-likeness (QED) is 0.885. The summed E-state index contributed by atoms with van der Waals surface area (Å²) in [6.45, 7) is 1.09. The third kappa shape index (κ3) is 5.08.